The molecule has 0 radical (unpaired) electrons. The second kappa shape index (κ2) is 9.28. The molecule has 1 atom stereocenters. The highest BCUT2D eigenvalue weighted by molar-refractivity contribution is 5.98. The van der Waals surface area contributed by atoms with E-state index in [2.05, 4.69) is 20.5 Å². The number of nitrogens with zero attached hydrogens (tertiary/aromatic N) is 5. The summed E-state index contributed by atoms with van der Waals surface area (Å²) in [7, 11) is 0. The molecule has 32 heavy (non-hydrogen) atoms. The summed E-state index contributed by atoms with van der Waals surface area (Å²) in [5.74, 6) is -2.75. The highest BCUT2D eigenvalue weighted by Gasteiger charge is 2.32. The molecule has 3 aromatic rings. The van der Waals surface area contributed by atoms with Gasteiger partial charge < -0.3 is 10.2 Å². The molecule has 1 amide bonds. The molecule has 0 bridgehead atoms. The van der Waals surface area contributed by atoms with E-state index in [0.29, 0.717) is 12.3 Å². The summed E-state index contributed by atoms with van der Waals surface area (Å²) in [6.45, 7) is 3.57. The molecule has 0 aliphatic heterocycles. The summed E-state index contributed by atoms with van der Waals surface area (Å²) < 4.78 is 66.5. The highest BCUT2D eigenvalue weighted by atomic mass is 19.4. The van der Waals surface area contributed by atoms with Gasteiger partial charge in [-0.1, -0.05) is 6.07 Å². The van der Waals surface area contributed by atoms with Gasteiger partial charge in [-0.15, -0.1) is 4.80 Å². The Hall–Kier alpha value is -3.57. The minimum Gasteiger partial charge on any atom is -0.366 e. The summed E-state index contributed by atoms with van der Waals surface area (Å²) >= 11 is 0. The van der Waals surface area contributed by atoms with Gasteiger partial charge in [0.05, 0.1) is 23.5 Å². The van der Waals surface area contributed by atoms with Crippen LogP contribution in [0.25, 0.3) is 5.69 Å². The van der Waals surface area contributed by atoms with E-state index >= 15 is 0 Å². The topological polar surface area (TPSA) is 75.9 Å². The first kappa shape index (κ1) is 23.1. The Kier molecular flexibility index (Phi) is 6.70. The summed E-state index contributed by atoms with van der Waals surface area (Å²) in [6.07, 6.45) is -1.50. The maximum atomic E-state index is 14.5. The maximum Gasteiger partial charge on any atom is 0.417 e. The number of carbonyl (C=O) groups is 1. The number of likely N-dealkylation sites (N-methyl/N-ethyl adjacent to an activating group) is 1. The molecule has 1 N–H and O–H groups in total. The number of benzene rings is 1. The molecular weight excluding hydrogens is 435 g/mol. The van der Waals surface area contributed by atoms with Crippen LogP contribution in [-0.4, -0.2) is 49.9 Å². The third kappa shape index (κ3) is 4.84. The predicted octanol–water partition coefficient (Wildman–Crippen LogP) is 3.92. The van der Waals surface area contributed by atoms with Crippen molar-refractivity contribution in [2.24, 2.45) is 0 Å². The fraction of sp³-hybridized carbons (Fsp3) is 0.300. The number of nitrogens with one attached hydrogen (secondary N) is 1. The molecule has 0 saturated carbocycles. The smallest absolute Gasteiger partial charge is 0.366 e. The molecule has 2 aromatic heterocycles. The first-order valence-corrected chi connectivity index (χ1v) is 9.56. The molecule has 170 valence electrons. The first-order chi connectivity index (χ1) is 15.1. The molecule has 1 unspecified atom stereocenters. The Balaban J connectivity index is 1.78. The second-order valence-corrected chi connectivity index (χ2v) is 6.83. The summed E-state index contributed by atoms with van der Waals surface area (Å²) in [6, 6.07) is 3.80. The lowest BCUT2D eigenvalue weighted by Gasteiger charge is -2.29. The number of anilines is 1. The Morgan fingerprint density at radius 3 is 2.47 bits per heavy atom. The number of pyridine rings is 1. The first-order valence-electron chi connectivity index (χ1n) is 9.56. The fourth-order valence-corrected chi connectivity index (χ4v) is 3.11. The number of rotatable bonds is 7. The van der Waals surface area contributed by atoms with Crippen LogP contribution in [-0.2, 0) is 6.18 Å². The van der Waals surface area contributed by atoms with Crippen LogP contribution in [0.1, 0.15) is 29.8 Å². The van der Waals surface area contributed by atoms with Crippen molar-refractivity contribution in [2.75, 3.05) is 18.4 Å². The molecule has 1 aromatic carbocycles. The van der Waals surface area contributed by atoms with Crippen molar-refractivity contribution in [3.63, 3.8) is 0 Å². The quantitative estimate of drug-likeness (QED) is 0.548. The van der Waals surface area contributed by atoms with Crippen LogP contribution in [0.5, 0.6) is 0 Å². The van der Waals surface area contributed by atoms with Gasteiger partial charge in [0.15, 0.2) is 17.5 Å². The summed E-state index contributed by atoms with van der Waals surface area (Å²) in [5, 5.41) is 10.4. The van der Waals surface area contributed by atoms with Gasteiger partial charge in [-0.3, -0.25) is 4.79 Å². The second-order valence-electron chi connectivity index (χ2n) is 6.83. The van der Waals surface area contributed by atoms with Crippen molar-refractivity contribution < 1.29 is 26.7 Å². The molecule has 0 saturated heterocycles. The number of para-hydroxylation sites is 1. The molecular formula is C20H19F5N6O. The number of hydrogen-bond donors (Lipinski definition) is 1. The lowest BCUT2D eigenvalue weighted by atomic mass is 10.1. The van der Waals surface area contributed by atoms with E-state index in [0.717, 1.165) is 4.80 Å². The third-order valence-electron chi connectivity index (χ3n) is 4.70. The van der Waals surface area contributed by atoms with Crippen LogP contribution in [0.3, 0.4) is 0 Å². The van der Waals surface area contributed by atoms with Crippen LogP contribution in [0.15, 0.2) is 42.9 Å². The Morgan fingerprint density at radius 1 is 1.19 bits per heavy atom. The number of carbonyl (C=O) groups excluding carboxylic acids is 1. The minimum atomic E-state index is -4.71. The van der Waals surface area contributed by atoms with E-state index in [1.807, 2.05) is 0 Å². The van der Waals surface area contributed by atoms with Crippen LogP contribution in [0.2, 0.25) is 0 Å². The largest absolute Gasteiger partial charge is 0.417 e. The molecule has 3 rings (SSSR count). The number of hydrogen-bond acceptors (Lipinski definition) is 5. The van der Waals surface area contributed by atoms with Gasteiger partial charge >= 0.3 is 6.18 Å². The molecule has 0 aliphatic rings. The SMILES string of the molecule is CCN(C(=O)c1cccc(F)c1-n1nccn1)C(C)CNc1ncc(C(F)(F)F)cc1F. The molecule has 7 nitrogen and oxygen atoms in total. The minimum absolute atomic E-state index is 0.0144. The predicted molar refractivity (Wildman–Crippen MR) is 105 cm³/mol. The average Bonchev–Trinajstić information content (AvgIpc) is 3.26. The molecule has 0 spiro atoms. The summed E-state index contributed by atoms with van der Waals surface area (Å²) in [5.41, 5.74) is -1.30. The van der Waals surface area contributed by atoms with Crippen molar-refractivity contribution in [1.29, 1.82) is 0 Å². The van der Waals surface area contributed by atoms with Crippen molar-refractivity contribution in [2.45, 2.75) is 26.1 Å². The van der Waals surface area contributed by atoms with Crippen molar-refractivity contribution in [1.82, 2.24) is 24.9 Å². The normalized spacial score (nSPS) is 12.5. The van der Waals surface area contributed by atoms with Crippen LogP contribution in [0.4, 0.5) is 27.8 Å². The zero-order valence-electron chi connectivity index (χ0n) is 17.1. The van der Waals surface area contributed by atoms with E-state index < -0.39 is 35.3 Å². The lowest BCUT2D eigenvalue weighted by molar-refractivity contribution is -0.138. The number of amides is 1. The third-order valence-corrected chi connectivity index (χ3v) is 4.70. The van der Waals surface area contributed by atoms with Crippen molar-refractivity contribution in [3.05, 3.63) is 65.6 Å². The van der Waals surface area contributed by atoms with Gasteiger partial charge in [0, 0.05) is 25.3 Å². The molecule has 12 heteroatoms. The molecule has 2 heterocycles. The van der Waals surface area contributed by atoms with E-state index in [4.69, 9.17) is 0 Å². The van der Waals surface area contributed by atoms with Gasteiger partial charge in [0.25, 0.3) is 5.91 Å². The van der Waals surface area contributed by atoms with Gasteiger partial charge in [-0.25, -0.2) is 13.8 Å². The Bertz CT molecular complexity index is 1090. The van der Waals surface area contributed by atoms with Gasteiger partial charge in [0.2, 0.25) is 0 Å². The molecule has 0 aliphatic carbocycles. The van der Waals surface area contributed by atoms with Crippen LogP contribution >= 0.6 is 0 Å². The number of halogens is 5. The van der Waals surface area contributed by atoms with E-state index in [1.165, 1.54) is 35.5 Å². The maximum absolute atomic E-state index is 14.5. The van der Waals surface area contributed by atoms with Crippen LogP contribution in [0, 0.1) is 11.6 Å². The standard InChI is InChI=1S/C20H19F5N6O/c1-3-30(12(2)10-26-18-16(22)9-13(11-27-18)20(23,24)25)19(32)14-5-4-6-15(21)17(14)31-28-7-8-29-31/h4-9,11-12H,3,10H2,1-2H3,(H,26,27). The van der Waals surface area contributed by atoms with E-state index in [-0.39, 0.29) is 30.2 Å². The van der Waals surface area contributed by atoms with Crippen LogP contribution < -0.4 is 5.32 Å². The van der Waals surface area contributed by atoms with Gasteiger partial charge in [0.1, 0.15) is 5.69 Å². The van der Waals surface area contributed by atoms with Gasteiger partial charge in [-0.05, 0) is 32.0 Å². The molecule has 0 fully saturated rings. The zero-order valence-corrected chi connectivity index (χ0v) is 17.1. The zero-order chi connectivity index (χ0) is 23.5. The van der Waals surface area contributed by atoms with E-state index in [1.54, 1.807) is 13.8 Å². The van der Waals surface area contributed by atoms with Crippen molar-refractivity contribution in [3.8, 4) is 5.69 Å². The van der Waals surface area contributed by atoms with Crippen molar-refractivity contribution >= 4 is 11.7 Å². The van der Waals surface area contributed by atoms with E-state index in [9.17, 15) is 26.7 Å². The number of aromatic nitrogens is 4. The Morgan fingerprint density at radius 2 is 1.88 bits per heavy atom. The Labute approximate surface area is 179 Å². The average molecular weight is 454 g/mol. The lowest BCUT2D eigenvalue weighted by Crippen LogP contribution is -2.42. The monoisotopic (exact) mass is 454 g/mol. The highest BCUT2D eigenvalue weighted by Crippen LogP contribution is 2.30. The fourth-order valence-electron chi connectivity index (χ4n) is 3.11. The number of alkyl halides is 3. The van der Waals surface area contributed by atoms with Gasteiger partial charge in [-0.2, -0.15) is 23.4 Å². The summed E-state index contributed by atoms with van der Waals surface area (Å²) in [4.78, 5) is 19.1.